The van der Waals surface area contributed by atoms with E-state index >= 15 is 0 Å². The molecule has 0 spiro atoms. The molecule has 2 rings (SSSR count). The van der Waals surface area contributed by atoms with E-state index in [1.165, 1.54) is 5.56 Å². The molecule has 84 valence electrons. The Morgan fingerprint density at radius 2 is 2.19 bits per heavy atom. The number of ether oxygens (including phenoxy) is 1. The Kier molecular flexibility index (Phi) is 3.25. The van der Waals surface area contributed by atoms with Crippen LogP contribution in [0.15, 0.2) is 36.7 Å². The van der Waals surface area contributed by atoms with E-state index in [9.17, 15) is 0 Å². The van der Waals surface area contributed by atoms with Gasteiger partial charge in [-0.1, -0.05) is 12.1 Å². The van der Waals surface area contributed by atoms with Crippen LogP contribution in [-0.4, -0.2) is 16.2 Å². The van der Waals surface area contributed by atoms with Crippen molar-refractivity contribution in [3.63, 3.8) is 0 Å². The molecular weight excluding hydrogens is 200 g/mol. The molecule has 0 saturated heterocycles. The molecule has 1 heterocycles. The summed E-state index contributed by atoms with van der Waals surface area (Å²) in [7, 11) is 0. The van der Waals surface area contributed by atoms with Crippen molar-refractivity contribution in [2.75, 3.05) is 6.61 Å². The first-order chi connectivity index (χ1) is 7.75. The molecule has 0 saturated carbocycles. The van der Waals surface area contributed by atoms with E-state index in [-0.39, 0.29) is 0 Å². The quantitative estimate of drug-likeness (QED) is 0.785. The van der Waals surface area contributed by atoms with Crippen LogP contribution in [0.5, 0.6) is 5.75 Å². The van der Waals surface area contributed by atoms with Gasteiger partial charge in [-0.2, -0.15) is 0 Å². The van der Waals surface area contributed by atoms with Gasteiger partial charge in [0.1, 0.15) is 18.2 Å². The molecule has 16 heavy (non-hydrogen) atoms. The van der Waals surface area contributed by atoms with Crippen LogP contribution < -0.4 is 4.74 Å². The number of aromatic nitrogens is 2. The smallest absolute Gasteiger partial charge is 0.119 e. The molecule has 3 nitrogen and oxygen atoms in total. The minimum Gasteiger partial charge on any atom is -0.492 e. The third-order valence-corrected chi connectivity index (χ3v) is 2.51. The van der Waals surface area contributed by atoms with Crippen LogP contribution in [0, 0.1) is 13.8 Å². The minimum absolute atomic E-state index is 0.667. The number of nitrogens with zero attached hydrogens (tertiary/aromatic N) is 2. The van der Waals surface area contributed by atoms with E-state index in [0.29, 0.717) is 6.61 Å². The molecule has 0 fully saturated rings. The summed E-state index contributed by atoms with van der Waals surface area (Å²) in [5, 5.41) is 0. The van der Waals surface area contributed by atoms with Crippen LogP contribution in [0.4, 0.5) is 0 Å². The first-order valence-electron chi connectivity index (χ1n) is 5.43. The monoisotopic (exact) mass is 216 g/mol. The number of benzene rings is 1. The molecule has 1 aromatic heterocycles. The number of hydrogen-bond acceptors (Lipinski definition) is 2. The molecular formula is C13H16N2O. The molecule has 0 unspecified atom stereocenters. The van der Waals surface area contributed by atoms with Crippen LogP contribution in [0.3, 0.4) is 0 Å². The van der Waals surface area contributed by atoms with Crippen molar-refractivity contribution in [3.05, 3.63) is 48.0 Å². The molecule has 0 aliphatic rings. The van der Waals surface area contributed by atoms with Gasteiger partial charge >= 0.3 is 0 Å². The maximum absolute atomic E-state index is 5.67. The summed E-state index contributed by atoms with van der Waals surface area (Å²) in [4.78, 5) is 4.16. The Hall–Kier alpha value is -1.77. The summed E-state index contributed by atoms with van der Waals surface area (Å²) >= 11 is 0. The molecule has 0 bridgehead atoms. The lowest BCUT2D eigenvalue weighted by atomic mass is 10.2. The van der Waals surface area contributed by atoms with E-state index in [1.807, 2.05) is 37.5 Å². The van der Waals surface area contributed by atoms with E-state index in [0.717, 1.165) is 18.1 Å². The number of hydrogen-bond donors (Lipinski definition) is 0. The zero-order valence-electron chi connectivity index (χ0n) is 9.68. The maximum Gasteiger partial charge on any atom is 0.119 e. The van der Waals surface area contributed by atoms with Crippen LogP contribution in [-0.2, 0) is 6.54 Å². The van der Waals surface area contributed by atoms with Crippen molar-refractivity contribution in [2.45, 2.75) is 20.4 Å². The Bertz CT molecular complexity index is 462. The fourth-order valence-corrected chi connectivity index (χ4v) is 1.61. The zero-order chi connectivity index (χ0) is 11.4. The summed E-state index contributed by atoms with van der Waals surface area (Å²) < 4.78 is 7.75. The van der Waals surface area contributed by atoms with Crippen molar-refractivity contribution >= 4 is 0 Å². The van der Waals surface area contributed by atoms with Crippen molar-refractivity contribution in [3.8, 4) is 5.75 Å². The first kappa shape index (κ1) is 10.7. The Balaban J connectivity index is 1.87. The van der Waals surface area contributed by atoms with E-state index in [1.54, 1.807) is 0 Å². The van der Waals surface area contributed by atoms with E-state index in [4.69, 9.17) is 4.74 Å². The minimum atomic E-state index is 0.667. The second kappa shape index (κ2) is 4.84. The van der Waals surface area contributed by atoms with Gasteiger partial charge in [-0.15, -0.1) is 0 Å². The predicted molar refractivity (Wildman–Crippen MR) is 63.6 cm³/mol. The van der Waals surface area contributed by atoms with E-state index in [2.05, 4.69) is 22.5 Å². The average molecular weight is 216 g/mol. The molecule has 0 atom stereocenters. The summed E-state index contributed by atoms with van der Waals surface area (Å²) in [5.74, 6) is 1.95. The lowest BCUT2D eigenvalue weighted by Crippen LogP contribution is -2.08. The highest BCUT2D eigenvalue weighted by molar-refractivity contribution is 5.27. The van der Waals surface area contributed by atoms with Crippen LogP contribution >= 0.6 is 0 Å². The Morgan fingerprint density at radius 3 is 2.88 bits per heavy atom. The third kappa shape index (κ3) is 2.63. The van der Waals surface area contributed by atoms with Crippen molar-refractivity contribution in [1.82, 2.24) is 9.55 Å². The van der Waals surface area contributed by atoms with Gasteiger partial charge in [-0.25, -0.2) is 4.98 Å². The molecule has 0 radical (unpaired) electrons. The highest BCUT2D eigenvalue weighted by Gasteiger charge is 1.97. The van der Waals surface area contributed by atoms with Crippen molar-refractivity contribution < 1.29 is 4.74 Å². The predicted octanol–water partition coefficient (Wildman–Crippen LogP) is 2.58. The highest BCUT2D eigenvalue weighted by Crippen LogP contribution is 2.12. The lowest BCUT2D eigenvalue weighted by molar-refractivity contribution is 0.297. The summed E-state index contributed by atoms with van der Waals surface area (Å²) in [6.07, 6.45) is 3.77. The molecule has 0 N–H and O–H groups in total. The third-order valence-electron chi connectivity index (χ3n) is 2.51. The van der Waals surface area contributed by atoms with Gasteiger partial charge in [0.2, 0.25) is 0 Å². The normalized spacial score (nSPS) is 10.4. The second-order valence-corrected chi connectivity index (χ2v) is 3.83. The van der Waals surface area contributed by atoms with Crippen LogP contribution in [0.25, 0.3) is 0 Å². The van der Waals surface area contributed by atoms with E-state index < -0.39 is 0 Å². The topological polar surface area (TPSA) is 27.1 Å². The van der Waals surface area contributed by atoms with Gasteiger partial charge in [0.25, 0.3) is 0 Å². The van der Waals surface area contributed by atoms with Crippen LogP contribution in [0.2, 0.25) is 0 Å². The SMILES string of the molecule is Cc1cccc(OCCn2ccnc2C)c1. The molecule has 0 amide bonds. The molecule has 0 aliphatic carbocycles. The van der Waals surface area contributed by atoms with Crippen molar-refractivity contribution in [1.29, 1.82) is 0 Å². The fourth-order valence-electron chi connectivity index (χ4n) is 1.61. The zero-order valence-corrected chi connectivity index (χ0v) is 9.68. The second-order valence-electron chi connectivity index (χ2n) is 3.83. The Labute approximate surface area is 95.7 Å². The van der Waals surface area contributed by atoms with Gasteiger partial charge < -0.3 is 9.30 Å². The number of rotatable bonds is 4. The van der Waals surface area contributed by atoms with Gasteiger partial charge in [0.05, 0.1) is 6.54 Å². The number of imidazole rings is 1. The summed E-state index contributed by atoms with van der Waals surface area (Å²) in [6, 6.07) is 8.09. The van der Waals surface area contributed by atoms with Gasteiger partial charge in [-0.05, 0) is 31.5 Å². The first-order valence-corrected chi connectivity index (χ1v) is 5.43. The molecule has 1 aromatic carbocycles. The molecule has 2 aromatic rings. The van der Waals surface area contributed by atoms with Gasteiger partial charge in [-0.3, -0.25) is 0 Å². The average Bonchev–Trinajstić information content (AvgIpc) is 2.65. The Morgan fingerprint density at radius 1 is 1.31 bits per heavy atom. The maximum atomic E-state index is 5.67. The van der Waals surface area contributed by atoms with Crippen molar-refractivity contribution in [2.24, 2.45) is 0 Å². The summed E-state index contributed by atoms with van der Waals surface area (Å²) in [6.45, 7) is 5.56. The molecule has 3 heteroatoms. The standard InChI is InChI=1S/C13H16N2O/c1-11-4-3-5-13(10-11)16-9-8-15-7-6-14-12(15)2/h3-7,10H,8-9H2,1-2H3. The number of aryl methyl sites for hydroxylation is 2. The molecule has 0 aliphatic heterocycles. The highest BCUT2D eigenvalue weighted by atomic mass is 16.5. The lowest BCUT2D eigenvalue weighted by Gasteiger charge is -2.08. The van der Waals surface area contributed by atoms with Gasteiger partial charge in [0.15, 0.2) is 0 Å². The van der Waals surface area contributed by atoms with Crippen LogP contribution in [0.1, 0.15) is 11.4 Å². The largest absolute Gasteiger partial charge is 0.492 e. The summed E-state index contributed by atoms with van der Waals surface area (Å²) in [5.41, 5.74) is 1.22. The van der Waals surface area contributed by atoms with Gasteiger partial charge in [0, 0.05) is 12.4 Å². The fraction of sp³-hybridized carbons (Fsp3) is 0.308.